The second-order valence-corrected chi connectivity index (χ2v) is 16.0. The first kappa shape index (κ1) is 44.9. The molecule has 0 bridgehead atoms. The Hall–Kier alpha value is -6.13. The molecule has 0 amide bonds. The number of likely N-dealkylation sites (N-methyl/N-ethyl adjacent to an activating group) is 1. The summed E-state index contributed by atoms with van der Waals surface area (Å²) in [5.41, 5.74) is 5.37. The van der Waals surface area contributed by atoms with Crippen LogP contribution in [0.4, 0.5) is 0 Å². The Labute approximate surface area is 375 Å². The van der Waals surface area contributed by atoms with Crippen LogP contribution in [0.15, 0.2) is 97.2 Å². The summed E-state index contributed by atoms with van der Waals surface area (Å²) in [6.07, 6.45) is 5.16. The number of fused-ring (bicyclic) bond motifs is 1. The number of carboxylic acids is 1. The SMILES string of the molecule is C=C/C(CC(Oc1nsc2cnc(-c3ccnc(OCC)c3)c(-c3ccc(OCCN4CCN(C)CC4)c(Cl)c3C)c12)C(=O)O)=C(\C)OCc1ccnc(-c2ccccc2OC)n1. The minimum atomic E-state index is -1.37. The van der Waals surface area contributed by atoms with Crippen LogP contribution in [-0.4, -0.2) is 111 Å². The lowest BCUT2D eigenvalue weighted by Gasteiger charge is -2.32. The molecule has 63 heavy (non-hydrogen) atoms. The maximum absolute atomic E-state index is 13.0. The first-order valence-electron chi connectivity index (χ1n) is 20.6. The van der Waals surface area contributed by atoms with E-state index in [1.54, 1.807) is 44.8 Å². The number of rotatable bonds is 19. The number of piperazine rings is 1. The maximum atomic E-state index is 13.0. The highest BCUT2D eigenvalue weighted by Gasteiger charge is 2.28. The van der Waals surface area contributed by atoms with Crippen LogP contribution in [0.3, 0.4) is 0 Å². The Morgan fingerprint density at radius 2 is 1.81 bits per heavy atom. The van der Waals surface area contributed by atoms with Gasteiger partial charge in [-0.1, -0.05) is 42.5 Å². The number of carbonyl (C=O) groups is 1. The summed E-state index contributed by atoms with van der Waals surface area (Å²) in [5, 5.41) is 11.6. The molecule has 0 spiro atoms. The number of benzene rings is 2. The molecule has 1 unspecified atom stereocenters. The van der Waals surface area contributed by atoms with Crippen LogP contribution in [0.1, 0.15) is 31.5 Å². The van der Waals surface area contributed by atoms with E-state index < -0.39 is 12.1 Å². The zero-order valence-corrected chi connectivity index (χ0v) is 37.5. The second-order valence-electron chi connectivity index (χ2n) is 14.9. The number of para-hydroxylation sites is 1. The van der Waals surface area contributed by atoms with E-state index in [1.165, 1.54) is 0 Å². The van der Waals surface area contributed by atoms with Crippen LogP contribution in [0.2, 0.25) is 5.02 Å². The standard InChI is InChI=1S/C47H50ClN7O7S/c1-7-31(30(4)61-28-33-16-18-50-45(52-33)35-11-9-10-12-36(35)58-6)25-38(47(56)57)62-46-42-39(63-53-46)27-51-44(32-15-17-49-40(26-32)59-8-2)41(42)34-13-14-37(43(48)29(34)3)60-24-23-55-21-19-54(5)20-22-55/h7,9-18,26-27,38H,1,8,19-25,28H2,2-6H3,(H,56,57)/b31-30-. The van der Waals surface area contributed by atoms with Crippen LogP contribution < -0.4 is 18.9 Å². The molecule has 1 saturated heterocycles. The van der Waals surface area contributed by atoms with Gasteiger partial charge in [-0.3, -0.25) is 9.88 Å². The van der Waals surface area contributed by atoms with Crippen molar-refractivity contribution in [3.05, 3.63) is 113 Å². The lowest BCUT2D eigenvalue weighted by molar-refractivity contribution is -0.145. The molecule has 0 aliphatic carbocycles. The molecular weight excluding hydrogens is 842 g/mol. The van der Waals surface area contributed by atoms with Crippen molar-refractivity contribution in [1.82, 2.24) is 34.1 Å². The summed E-state index contributed by atoms with van der Waals surface area (Å²) in [6.45, 7) is 15.4. The van der Waals surface area contributed by atoms with Crippen LogP contribution >= 0.6 is 23.1 Å². The zero-order chi connectivity index (χ0) is 44.5. The molecule has 2 aromatic carbocycles. The molecule has 7 rings (SSSR count). The Bertz CT molecular complexity index is 2610. The largest absolute Gasteiger partial charge is 0.496 e. The monoisotopic (exact) mass is 891 g/mol. The molecule has 0 radical (unpaired) electrons. The molecule has 1 N–H and O–H groups in total. The Morgan fingerprint density at radius 1 is 1.02 bits per heavy atom. The summed E-state index contributed by atoms with van der Waals surface area (Å²) in [6, 6.07) is 16.7. The lowest BCUT2D eigenvalue weighted by atomic mass is 9.93. The minimum absolute atomic E-state index is 0.0692. The van der Waals surface area contributed by atoms with E-state index in [0.29, 0.717) is 79.8 Å². The lowest BCUT2D eigenvalue weighted by Crippen LogP contribution is -2.45. The van der Waals surface area contributed by atoms with Crippen molar-refractivity contribution >= 4 is 39.2 Å². The van der Waals surface area contributed by atoms with Gasteiger partial charge in [-0.15, -0.1) is 0 Å². The highest BCUT2D eigenvalue weighted by atomic mass is 35.5. The average Bonchev–Trinajstić information content (AvgIpc) is 3.71. The molecule has 4 aromatic heterocycles. The third-order valence-electron chi connectivity index (χ3n) is 10.8. The molecule has 0 saturated carbocycles. The van der Waals surface area contributed by atoms with Gasteiger partial charge < -0.3 is 33.7 Å². The number of hydrogen-bond donors (Lipinski definition) is 1. The fraction of sp³-hybridized carbons (Fsp3) is 0.319. The second kappa shape index (κ2) is 20.8. The zero-order valence-electron chi connectivity index (χ0n) is 36.0. The Balaban J connectivity index is 1.19. The topological polar surface area (TPSA) is 154 Å². The number of carboxylic acid groups (broad SMARTS) is 1. The van der Waals surface area contributed by atoms with E-state index in [-0.39, 0.29) is 18.9 Å². The summed E-state index contributed by atoms with van der Waals surface area (Å²) in [7, 11) is 3.73. The van der Waals surface area contributed by atoms with Gasteiger partial charge in [0.2, 0.25) is 17.9 Å². The molecule has 1 atom stereocenters. The van der Waals surface area contributed by atoms with E-state index in [9.17, 15) is 9.90 Å². The van der Waals surface area contributed by atoms with Crippen LogP contribution in [-0.2, 0) is 16.1 Å². The first-order chi connectivity index (χ1) is 30.6. The van der Waals surface area contributed by atoms with Crippen molar-refractivity contribution in [3.63, 3.8) is 0 Å². The number of ether oxygens (including phenoxy) is 5. The van der Waals surface area contributed by atoms with Gasteiger partial charge in [0.05, 0.1) is 51.5 Å². The van der Waals surface area contributed by atoms with Crippen molar-refractivity contribution in [3.8, 4) is 57.0 Å². The van der Waals surface area contributed by atoms with Gasteiger partial charge in [-0.2, -0.15) is 4.37 Å². The molecule has 1 aliphatic heterocycles. The third kappa shape index (κ3) is 10.6. The van der Waals surface area contributed by atoms with E-state index in [1.807, 2.05) is 62.4 Å². The highest BCUT2D eigenvalue weighted by Crippen LogP contribution is 2.46. The maximum Gasteiger partial charge on any atom is 0.345 e. The molecule has 1 fully saturated rings. The van der Waals surface area contributed by atoms with Gasteiger partial charge in [0.1, 0.15) is 24.7 Å². The molecular formula is C47H50ClN7O7S. The minimum Gasteiger partial charge on any atom is -0.496 e. The number of pyridine rings is 2. The van der Waals surface area contributed by atoms with Gasteiger partial charge in [-0.25, -0.2) is 19.7 Å². The predicted octanol–water partition coefficient (Wildman–Crippen LogP) is 8.77. The predicted molar refractivity (Wildman–Crippen MR) is 245 cm³/mol. The van der Waals surface area contributed by atoms with E-state index in [0.717, 1.165) is 66.5 Å². The summed E-state index contributed by atoms with van der Waals surface area (Å²) >= 11 is 8.26. The van der Waals surface area contributed by atoms with Crippen LogP contribution in [0.5, 0.6) is 23.3 Å². The molecule has 16 heteroatoms. The highest BCUT2D eigenvalue weighted by molar-refractivity contribution is 7.13. The first-order valence-corrected chi connectivity index (χ1v) is 21.7. The molecule has 328 valence electrons. The number of nitrogens with zero attached hydrogens (tertiary/aromatic N) is 7. The Kier molecular flexibility index (Phi) is 14.8. The quantitative estimate of drug-likeness (QED) is 0.0609. The third-order valence-corrected chi connectivity index (χ3v) is 12.0. The number of aromatic nitrogens is 5. The molecule has 14 nitrogen and oxygen atoms in total. The van der Waals surface area contributed by atoms with Gasteiger partial charge in [0.25, 0.3) is 0 Å². The smallest absolute Gasteiger partial charge is 0.345 e. The fourth-order valence-corrected chi connectivity index (χ4v) is 8.17. The van der Waals surface area contributed by atoms with Gasteiger partial charge in [0, 0.05) is 74.9 Å². The number of aliphatic carboxylic acids is 1. The van der Waals surface area contributed by atoms with Crippen molar-refractivity contribution in [2.24, 2.45) is 0 Å². The summed E-state index contributed by atoms with van der Waals surface area (Å²) < 4.78 is 35.4. The van der Waals surface area contributed by atoms with E-state index in [2.05, 4.69) is 42.8 Å². The number of halogens is 1. The van der Waals surface area contributed by atoms with Gasteiger partial charge in [0.15, 0.2) is 5.82 Å². The fourth-order valence-electron chi connectivity index (χ4n) is 7.25. The average molecular weight is 892 g/mol. The van der Waals surface area contributed by atoms with Crippen molar-refractivity contribution in [1.29, 1.82) is 0 Å². The Morgan fingerprint density at radius 3 is 2.57 bits per heavy atom. The van der Waals surface area contributed by atoms with Crippen molar-refractivity contribution in [2.75, 3.05) is 60.1 Å². The molecule has 5 heterocycles. The van der Waals surface area contributed by atoms with E-state index in [4.69, 9.17) is 40.3 Å². The summed E-state index contributed by atoms with van der Waals surface area (Å²) in [4.78, 5) is 36.1. The molecule has 1 aliphatic rings. The van der Waals surface area contributed by atoms with Crippen molar-refractivity contribution in [2.45, 2.75) is 39.9 Å². The van der Waals surface area contributed by atoms with Crippen molar-refractivity contribution < 1.29 is 33.6 Å². The number of hydrogen-bond acceptors (Lipinski definition) is 14. The van der Waals surface area contributed by atoms with E-state index >= 15 is 0 Å². The van der Waals surface area contributed by atoms with Gasteiger partial charge in [-0.05, 0) is 86.4 Å². The number of methoxy groups -OCH3 is 1. The molecule has 6 aromatic rings. The summed E-state index contributed by atoms with van der Waals surface area (Å²) in [5.74, 6) is 1.55. The normalized spacial score (nSPS) is 14.2. The van der Waals surface area contributed by atoms with Gasteiger partial charge >= 0.3 is 5.97 Å². The van der Waals surface area contributed by atoms with Crippen LogP contribution in [0.25, 0.3) is 43.9 Å². The number of allylic oxidation sites excluding steroid dienone is 2. The van der Waals surface area contributed by atoms with Crippen LogP contribution in [0, 0.1) is 6.92 Å².